The van der Waals surface area contributed by atoms with Crippen LogP contribution in [0.4, 0.5) is 16.2 Å². The van der Waals surface area contributed by atoms with Crippen LogP contribution in [-0.2, 0) is 0 Å². The highest BCUT2D eigenvalue weighted by Crippen LogP contribution is 2.38. The minimum absolute atomic E-state index is 0.0506. The number of piperazine rings is 1. The van der Waals surface area contributed by atoms with Crippen LogP contribution >= 0.6 is 0 Å². The van der Waals surface area contributed by atoms with Gasteiger partial charge >= 0.3 is 6.03 Å². The summed E-state index contributed by atoms with van der Waals surface area (Å²) in [5, 5.41) is 16.1. The summed E-state index contributed by atoms with van der Waals surface area (Å²) in [5.41, 5.74) is 3.78. The van der Waals surface area contributed by atoms with E-state index in [4.69, 9.17) is 0 Å². The van der Waals surface area contributed by atoms with Crippen molar-refractivity contribution < 1.29 is 4.79 Å². The zero-order valence-corrected chi connectivity index (χ0v) is 15.9. The van der Waals surface area contributed by atoms with E-state index in [1.807, 2.05) is 52.9 Å². The fourth-order valence-electron chi connectivity index (χ4n) is 3.66. The van der Waals surface area contributed by atoms with Gasteiger partial charge in [0, 0.05) is 43.9 Å². The normalized spacial score (nSPS) is 17.2. The van der Waals surface area contributed by atoms with Crippen LogP contribution in [0.5, 0.6) is 0 Å². The second-order valence-corrected chi connectivity index (χ2v) is 7.59. The maximum Gasteiger partial charge on any atom is 0.321 e. The standard InChI is InChI=1S/C20H23N7O/c1-14-3-2-4-16(11-14)22-20(28)26-9-7-25(8-10-26)17-12-18-23-24-19(15-5-6-15)27(18)21-13-17/h2-4,11-13,15H,5-10H2,1H3,(H,22,28). The number of aryl methyl sites for hydroxylation is 1. The lowest BCUT2D eigenvalue weighted by molar-refractivity contribution is 0.208. The number of hydrogen-bond acceptors (Lipinski definition) is 5. The van der Waals surface area contributed by atoms with Crippen molar-refractivity contribution >= 4 is 23.1 Å². The molecule has 1 N–H and O–H groups in total. The summed E-state index contributed by atoms with van der Waals surface area (Å²) in [6.45, 7) is 4.89. The molecular weight excluding hydrogens is 354 g/mol. The Balaban J connectivity index is 1.23. The van der Waals surface area contributed by atoms with Crippen molar-refractivity contribution in [3.8, 4) is 0 Å². The van der Waals surface area contributed by atoms with Gasteiger partial charge in [-0.3, -0.25) is 0 Å². The first kappa shape index (κ1) is 17.0. The number of aromatic nitrogens is 4. The quantitative estimate of drug-likeness (QED) is 0.759. The van der Waals surface area contributed by atoms with Crippen LogP contribution in [0, 0.1) is 6.92 Å². The average Bonchev–Trinajstić information content (AvgIpc) is 3.47. The van der Waals surface area contributed by atoms with Crippen LogP contribution in [0.25, 0.3) is 5.65 Å². The van der Waals surface area contributed by atoms with Gasteiger partial charge in [-0.05, 0) is 37.5 Å². The van der Waals surface area contributed by atoms with Gasteiger partial charge in [0.25, 0.3) is 0 Å². The van der Waals surface area contributed by atoms with Crippen LogP contribution in [0.2, 0.25) is 0 Å². The third kappa shape index (κ3) is 3.26. The SMILES string of the molecule is Cc1cccc(NC(=O)N2CCN(c3cnn4c(C5CC5)nnc4c3)CC2)c1. The zero-order valence-electron chi connectivity index (χ0n) is 15.9. The molecule has 8 heteroatoms. The molecule has 1 saturated heterocycles. The molecule has 28 heavy (non-hydrogen) atoms. The fourth-order valence-corrected chi connectivity index (χ4v) is 3.66. The van der Waals surface area contributed by atoms with E-state index in [1.54, 1.807) is 0 Å². The predicted molar refractivity (Wildman–Crippen MR) is 107 cm³/mol. The maximum absolute atomic E-state index is 12.5. The van der Waals surface area contributed by atoms with Gasteiger partial charge in [0.2, 0.25) is 0 Å². The topological polar surface area (TPSA) is 78.7 Å². The van der Waals surface area contributed by atoms with Crippen molar-refractivity contribution in [3.05, 3.63) is 47.9 Å². The molecule has 2 fully saturated rings. The first-order chi connectivity index (χ1) is 13.7. The smallest absolute Gasteiger partial charge is 0.321 e. The van der Waals surface area contributed by atoms with E-state index in [0.29, 0.717) is 19.0 Å². The fraction of sp³-hybridized carbons (Fsp3) is 0.400. The summed E-state index contributed by atoms with van der Waals surface area (Å²) >= 11 is 0. The van der Waals surface area contributed by atoms with Crippen LogP contribution in [0.3, 0.4) is 0 Å². The van der Waals surface area contributed by atoms with Gasteiger partial charge in [0.15, 0.2) is 11.5 Å². The highest BCUT2D eigenvalue weighted by molar-refractivity contribution is 5.89. The van der Waals surface area contributed by atoms with Crippen LogP contribution in [0.1, 0.15) is 30.1 Å². The molecule has 2 amide bonds. The minimum atomic E-state index is -0.0506. The van der Waals surface area contributed by atoms with Gasteiger partial charge in [-0.15, -0.1) is 10.2 Å². The van der Waals surface area contributed by atoms with E-state index in [0.717, 1.165) is 41.5 Å². The van der Waals surface area contributed by atoms with E-state index < -0.39 is 0 Å². The Morgan fingerprint density at radius 2 is 1.93 bits per heavy atom. The molecular formula is C20H23N7O. The molecule has 1 aliphatic heterocycles. The highest BCUT2D eigenvalue weighted by Gasteiger charge is 2.29. The number of nitrogens with one attached hydrogen (secondary N) is 1. The number of benzene rings is 1. The maximum atomic E-state index is 12.5. The molecule has 0 radical (unpaired) electrons. The molecule has 0 atom stereocenters. The van der Waals surface area contributed by atoms with Crippen molar-refractivity contribution in [2.24, 2.45) is 0 Å². The summed E-state index contributed by atoms with van der Waals surface area (Å²) in [4.78, 5) is 16.6. The number of amides is 2. The molecule has 2 aliphatic rings. The van der Waals surface area contributed by atoms with Crippen molar-refractivity contribution in [2.75, 3.05) is 36.4 Å². The van der Waals surface area contributed by atoms with Crippen molar-refractivity contribution in [1.29, 1.82) is 0 Å². The van der Waals surface area contributed by atoms with Crippen LogP contribution in [0.15, 0.2) is 36.5 Å². The van der Waals surface area contributed by atoms with Gasteiger partial charge in [0.1, 0.15) is 0 Å². The Labute approximate surface area is 163 Å². The second kappa shape index (κ2) is 6.78. The zero-order chi connectivity index (χ0) is 19.1. The largest absolute Gasteiger partial charge is 0.367 e. The summed E-state index contributed by atoms with van der Waals surface area (Å²) in [7, 11) is 0. The first-order valence-corrected chi connectivity index (χ1v) is 9.76. The molecule has 2 aromatic heterocycles. The number of anilines is 2. The van der Waals surface area contributed by atoms with E-state index >= 15 is 0 Å². The molecule has 1 aliphatic carbocycles. The molecule has 3 heterocycles. The number of rotatable bonds is 3. The molecule has 5 rings (SSSR count). The Bertz CT molecular complexity index is 1020. The lowest BCUT2D eigenvalue weighted by atomic mass is 10.2. The average molecular weight is 377 g/mol. The molecule has 8 nitrogen and oxygen atoms in total. The van der Waals surface area contributed by atoms with Crippen molar-refractivity contribution in [2.45, 2.75) is 25.7 Å². The lowest BCUT2D eigenvalue weighted by Crippen LogP contribution is -2.50. The molecule has 144 valence electrons. The van der Waals surface area contributed by atoms with Crippen LogP contribution in [-0.4, -0.2) is 56.9 Å². The predicted octanol–water partition coefficient (Wildman–Crippen LogP) is 2.66. The molecule has 0 spiro atoms. The number of nitrogens with zero attached hydrogens (tertiary/aromatic N) is 6. The number of carbonyl (C=O) groups excluding carboxylic acids is 1. The van der Waals surface area contributed by atoms with Gasteiger partial charge in [-0.1, -0.05) is 12.1 Å². The molecule has 0 bridgehead atoms. The summed E-state index contributed by atoms with van der Waals surface area (Å²) in [6, 6.07) is 9.84. The Morgan fingerprint density at radius 3 is 2.68 bits per heavy atom. The molecule has 3 aromatic rings. The Hall–Kier alpha value is -3.16. The van der Waals surface area contributed by atoms with Crippen molar-refractivity contribution in [1.82, 2.24) is 24.7 Å². The number of urea groups is 1. The Morgan fingerprint density at radius 1 is 1.11 bits per heavy atom. The van der Waals surface area contributed by atoms with Gasteiger partial charge < -0.3 is 15.1 Å². The van der Waals surface area contributed by atoms with E-state index in [2.05, 4.69) is 25.5 Å². The van der Waals surface area contributed by atoms with Crippen LogP contribution < -0.4 is 10.2 Å². The highest BCUT2D eigenvalue weighted by atomic mass is 16.2. The second-order valence-electron chi connectivity index (χ2n) is 7.59. The number of hydrogen-bond donors (Lipinski definition) is 1. The lowest BCUT2D eigenvalue weighted by Gasteiger charge is -2.35. The summed E-state index contributed by atoms with van der Waals surface area (Å²) in [5.74, 6) is 1.49. The van der Waals surface area contributed by atoms with Gasteiger partial charge in [0.05, 0.1) is 11.9 Å². The third-order valence-corrected chi connectivity index (χ3v) is 5.42. The van der Waals surface area contributed by atoms with E-state index in [1.165, 1.54) is 12.8 Å². The van der Waals surface area contributed by atoms with Gasteiger partial charge in [-0.2, -0.15) is 9.61 Å². The van der Waals surface area contributed by atoms with Gasteiger partial charge in [-0.25, -0.2) is 4.79 Å². The summed E-state index contributed by atoms with van der Waals surface area (Å²) < 4.78 is 1.85. The Kier molecular flexibility index (Phi) is 4.11. The minimum Gasteiger partial charge on any atom is -0.367 e. The first-order valence-electron chi connectivity index (χ1n) is 9.76. The number of carbonyl (C=O) groups is 1. The summed E-state index contributed by atoms with van der Waals surface area (Å²) in [6.07, 6.45) is 4.23. The van der Waals surface area contributed by atoms with E-state index in [-0.39, 0.29) is 6.03 Å². The molecule has 1 aromatic carbocycles. The third-order valence-electron chi connectivity index (χ3n) is 5.42. The molecule has 0 unspecified atom stereocenters. The van der Waals surface area contributed by atoms with Crippen molar-refractivity contribution in [3.63, 3.8) is 0 Å². The van der Waals surface area contributed by atoms with E-state index in [9.17, 15) is 4.79 Å². The molecule has 1 saturated carbocycles. The monoisotopic (exact) mass is 377 g/mol. The number of fused-ring (bicyclic) bond motifs is 1.